The minimum Gasteiger partial charge on any atom is -0.459 e. The first-order valence-corrected chi connectivity index (χ1v) is 7.31. The predicted octanol–water partition coefficient (Wildman–Crippen LogP) is 3.26. The van der Waals surface area contributed by atoms with Gasteiger partial charge in [0.1, 0.15) is 22.6 Å². The Morgan fingerprint density at radius 2 is 2.08 bits per heavy atom. The lowest BCUT2D eigenvalue weighted by Crippen LogP contribution is -1.98. The highest BCUT2D eigenvalue weighted by molar-refractivity contribution is 8.02. The summed E-state index contributed by atoms with van der Waals surface area (Å²) in [6.45, 7) is 0. The van der Waals surface area contributed by atoms with Gasteiger partial charge in [0.05, 0.1) is 27.9 Å². The summed E-state index contributed by atoms with van der Waals surface area (Å²) in [5.41, 5.74) is 1.60. The van der Waals surface area contributed by atoms with E-state index in [4.69, 9.17) is 9.68 Å². The lowest BCUT2D eigenvalue weighted by atomic mass is 10.2. The largest absolute Gasteiger partial charge is 0.459 e. The van der Waals surface area contributed by atoms with Gasteiger partial charge in [0.2, 0.25) is 0 Å². The highest BCUT2D eigenvalue weighted by Gasteiger charge is 2.19. The summed E-state index contributed by atoms with van der Waals surface area (Å²) in [5, 5.41) is 35.8. The number of hydrogen-bond donors (Lipinski definition) is 1. The van der Waals surface area contributed by atoms with Crippen molar-refractivity contribution in [3.05, 3.63) is 62.1 Å². The summed E-state index contributed by atoms with van der Waals surface area (Å²) in [6, 6.07) is 6.49. The smallest absolute Gasteiger partial charge is 0.301 e. The number of nitro groups is 2. The molecule has 0 saturated heterocycles. The first kappa shape index (κ1) is 17.0. The van der Waals surface area contributed by atoms with Crippen LogP contribution in [0.4, 0.5) is 17.1 Å². The zero-order valence-corrected chi connectivity index (χ0v) is 12.7. The fourth-order valence-corrected chi connectivity index (χ4v) is 2.05. The molecule has 2 aromatic rings. The van der Waals surface area contributed by atoms with Gasteiger partial charge in [-0.25, -0.2) is 0 Å². The first-order valence-electron chi connectivity index (χ1n) is 6.32. The maximum absolute atomic E-state index is 11.0. The van der Waals surface area contributed by atoms with Gasteiger partial charge in [-0.1, -0.05) is 0 Å². The average Bonchev–Trinajstić information content (AvgIpc) is 3.00. The van der Waals surface area contributed by atoms with Crippen LogP contribution in [0.3, 0.4) is 0 Å². The molecule has 0 spiro atoms. The van der Waals surface area contributed by atoms with Gasteiger partial charge in [-0.05, 0) is 30.0 Å². The minimum atomic E-state index is -0.741. The van der Waals surface area contributed by atoms with Crippen molar-refractivity contribution in [2.45, 2.75) is 5.75 Å². The van der Waals surface area contributed by atoms with Crippen LogP contribution in [0.25, 0.3) is 0 Å². The quantitative estimate of drug-likeness (QED) is 0.347. The summed E-state index contributed by atoms with van der Waals surface area (Å²) < 4.78 is 5.37. The zero-order valence-electron chi connectivity index (χ0n) is 11.9. The van der Waals surface area contributed by atoms with E-state index in [0.717, 1.165) is 23.9 Å². The monoisotopic (exact) mass is 347 g/mol. The lowest BCUT2D eigenvalue weighted by molar-refractivity contribution is -0.393. The van der Waals surface area contributed by atoms with Crippen molar-refractivity contribution in [3.8, 4) is 5.40 Å². The number of hydrogen-bond acceptors (Lipinski definition) is 9. The molecular formula is C13H9N5O5S. The Hall–Kier alpha value is -3.39. The minimum absolute atomic E-state index is 0.00802. The maximum Gasteiger partial charge on any atom is 0.301 e. The van der Waals surface area contributed by atoms with Crippen LogP contribution in [0.5, 0.6) is 0 Å². The normalized spacial score (nSPS) is 10.5. The number of hydrazone groups is 1. The van der Waals surface area contributed by atoms with Crippen LogP contribution in [0.15, 0.2) is 39.9 Å². The Kier molecular flexibility index (Phi) is 5.48. The number of non-ortho nitro benzene ring substituents is 1. The van der Waals surface area contributed by atoms with Crippen LogP contribution in [-0.4, -0.2) is 16.1 Å². The highest BCUT2D eigenvalue weighted by atomic mass is 32.2. The third-order valence-corrected chi connectivity index (χ3v) is 3.28. The molecule has 24 heavy (non-hydrogen) atoms. The number of thioether (sulfide) groups is 1. The molecule has 1 aromatic carbocycles. The summed E-state index contributed by atoms with van der Waals surface area (Å²) in [7, 11) is 0. The second-order valence-electron chi connectivity index (χ2n) is 4.27. The van der Waals surface area contributed by atoms with Gasteiger partial charge in [-0.3, -0.25) is 25.7 Å². The number of rotatable bonds is 7. The van der Waals surface area contributed by atoms with E-state index in [1.54, 1.807) is 12.1 Å². The molecule has 0 amide bonds. The summed E-state index contributed by atoms with van der Waals surface area (Å²) >= 11 is 1.03. The van der Waals surface area contributed by atoms with E-state index >= 15 is 0 Å². The Morgan fingerprint density at radius 3 is 2.75 bits per heavy atom. The topological polar surface area (TPSA) is 148 Å². The van der Waals surface area contributed by atoms with E-state index in [1.807, 2.05) is 5.40 Å². The number of nitro benzene ring substituents is 2. The molecule has 1 aromatic heterocycles. The van der Waals surface area contributed by atoms with Gasteiger partial charge in [0.15, 0.2) is 0 Å². The molecule has 0 radical (unpaired) electrons. The molecule has 10 nitrogen and oxygen atoms in total. The van der Waals surface area contributed by atoms with Crippen LogP contribution in [-0.2, 0) is 5.75 Å². The number of nitrogens with zero attached hydrogens (tertiary/aromatic N) is 4. The summed E-state index contributed by atoms with van der Waals surface area (Å²) in [5.74, 6) is 1.37. The van der Waals surface area contributed by atoms with Crippen molar-refractivity contribution in [2.75, 3.05) is 5.43 Å². The number of anilines is 1. The molecule has 122 valence electrons. The van der Waals surface area contributed by atoms with Gasteiger partial charge in [-0.2, -0.15) is 10.4 Å². The van der Waals surface area contributed by atoms with Crippen molar-refractivity contribution in [1.82, 2.24) is 0 Å². The zero-order chi connectivity index (χ0) is 17.5. The predicted molar refractivity (Wildman–Crippen MR) is 86.6 cm³/mol. The third kappa shape index (κ3) is 4.31. The van der Waals surface area contributed by atoms with Gasteiger partial charge in [-0.15, -0.1) is 0 Å². The van der Waals surface area contributed by atoms with E-state index in [0.29, 0.717) is 17.3 Å². The fraction of sp³-hybridized carbons (Fsp3) is 0.0769. The van der Waals surface area contributed by atoms with E-state index in [1.165, 1.54) is 12.3 Å². The molecule has 1 N–H and O–H groups in total. The van der Waals surface area contributed by atoms with Crippen molar-refractivity contribution in [1.29, 1.82) is 5.26 Å². The molecule has 0 aliphatic carbocycles. The van der Waals surface area contributed by atoms with Gasteiger partial charge in [0, 0.05) is 6.07 Å². The van der Waals surface area contributed by atoms with Gasteiger partial charge >= 0.3 is 5.69 Å². The number of furan rings is 1. The Balaban J connectivity index is 2.11. The standard InChI is InChI=1S/C13H9N5O5S/c14-8-24-7-11-3-2-10(23-11)6-15-16-12-4-1-9(17(19)20)5-13(12)18(21)22/h1-6,16H,7H2/b15-6+. The second kappa shape index (κ2) is 7.75. The fourth-order valence-electron chi connectivity index (χ4n) is 1.69. The molecule has 0 unspecified atom stereocenters. The van der Waals surface area contributed by atoms with Gasteiger partial charge in [0.25, 0.3) is 5.69 Å². The average molecular weight is 347 g/mol. The van der Waals surface area contributed by atoms with Crippen molar-refractivity contribution < 1.29 is 14.3 Å². The van der Waals surface area contributed by atoms with E-state index in [9.17, 15) is 20.2 Å². The van der Waals surface area contributed by atoms with Crippen molar-refractivity contribution in [3.63, 3.8) is 0 Å². The molecule has 0 atom stereocenters. The molecule has 0 aliphatic heterocycles. The maximum atomic E-state index is 11.0. The van der Waals surface area contributed by atoms with Crippen LogP contribution < -0.4 is 5.43 Å². The molecule has 11 heteroatoms. The molecule has 1 heterocycles. The Morgan fingerprint density at radius 1 is 1.29 bits per heavy atom. The van der Waals surface area contributed by atoms with Crippen LogP contribution in [0, 0.1) is 30.9 Å². The second-order valence-corrected chi connectivity index (χ2v) is 5.03. The first-order chi connectivity index (χ1) is 11.5. The molecule has 0 fully saturated rings. The molecule has 0 aliphatic rings. The van der Waals surface area contributed by atoms with Crippen molar-refractivity contribution >= 4 is 35.0 Å². The van der Waals surface area contributed by atoms with E-state index in [-0.39, 0.29) is 11.4 Å². The van der Waals surface area contributed by atoms with Crippen LogP contribution in [0.2, 0.25) is 0 Å². The van der Waals surface area contributed by atoms with E-state index < -0.39 is 15.5 Å². The van der Waals surface area contributed by atoms with Gasteiger partial charge < -0.3 is 4.42 Å². The SMILES string of the molecule is N#CSCc1ccc(/C=N/Nc2ccc([N+](=O)[O-])cc2[N+](=O)[O-])o1. The number of nitrogens with one attached hydrogen (secondary N) is 1. The molecule has 0 saturated carbocycles. The Labute approximate surface area is 139 Å². The molecule has 2 rings (SSSR count). The third-order valence-electron chi connectivity index (χ3n) is 2.73. The number of nitriles is 1. The summed E-state index contributed by atoms with van der Waals surface area (Å²) in [6.07, 6.45) is 1.30. The molecule has 0 bridgehead atoms. The number of thiocyanates is 1. The lowest BCUT2D eigenvalue weighted by Gasteiger charge is -2.01. The summed E-state index contributed by atoms with van der Waals surface area (Å²) in [4.78, 5) is 20.2. The van der Waals surface area contributed by atoms with E-state index in [2.05, 4.69) is 10.5 Å². The molecular weight excluding hydrogens is 338 g/mol. The Bertz CT molecular complexity index is 842. The number of benzene rings is 1. The highest BCUT2D eigenvalue weighted by Crippen LogP contribution is 2.28. The van der Waals surface area contributed by atoms with Crippen molar-refractivity contribution in [2.24, 2.45) is 5.10 Å². The van der Waals surface area contributed by atoms with Crippen LogP contribution in [0.1, 0.15) is 11.5 Å². The van der Waals surface area contributed by atoms with Crippen LogP contribution >= 0.6 is 11.8 Å².